The van der Waals surface area contributed by atoms with Gasteiger partial charge in [-0.2, -0.15) is 0 Å². The molecule has 3 aromatic heterocycles. The summed E-state index contributed by atoms with van der Waals surface area (Å²) in [7, 11) is 0. The van der Waals surface area contributed by atoms with E-state index in [0.717, 1.165) is 11.3 Å². The van der Waals surface area contributed by atoms with Gasteiger partial charge in [-0.05, 0) is 48.0 Å². The maximum atomic E-state index is 12.3. The van der Waals surface area contributed by atoms with Gasteiger partial charge < -0.3 is 5.32 Å². The van der Waals surface area contributed by atoms with Crippen molar-refractivity contribution >= 4 is 11.6 Å². The summed E-state index contributed by atoms with van der Waals surface area (Å²) in [6.07, 6.45) is 4.12. The number of aromatic nitrogens is 5. The molecule has 0 bridgehead atoms. The Morgan fingerprint density at radius 1 is 1.41 bits per heavy atom. The summed E-state index contributed by atoms with van der Waals surface area (Å²) in [5.41, 5.74) is 3.19. The van der Waals surface area contributed by atoms with Gasteiger partial charge in [-0.1, -0.05) is 6.07 Å². The summed E-state index contributed by atoms with van der Waals surface area (Å²) >= 11 is 0. The number of tetrazole rings is 1. The molecule has 1 unspecified atom stereocenters. The van der Waals surface area contributed by atoms with Gasteiger partial charge in [-0.15, -0.1) is 5.10 Å². The Balaban J connectivity index is 1.69. The minimum absolute atomic E-state index is 0.0201. The predicted octanol–water partition coefficient (Wildman–Crippen LogP) is 1.19. The van der Waals surface area contributed by atoms with Gasteiger partial charge in [0.2, 0.25) is 0 Å². The van der Waals surface area contributed by atoms with Gasteiger partial charge in [0.05, 0.1) is 0 Å². The van der Waals surface area contributed by atoms with Crippen molar-refractivity contribution in [1.29, 1.82) is 0 Å². The zero-order chi connectivity index (χ0) is 15.5. The van der Waals surface area contributed by atoms with Crippen LogP contribution in [0.2, 0.25) is 0 Å². The van der Waals surface area contributed by atoms with Crippen LogP contribution in [0.3, 0.4) is 0 Å². The van der Waals surface area contributed by atoms with Gasteiger partial charge in [0.25, 0.3) is 5.91 Å². The van der Waals surface area contributed by atoms with Gasteiger partial charge in [-0.25, -0.2) is 4.52 Å². The molecule has 1 atom stereocenters. The molecule has 7 nitrogen and oxygen atoms in total. The first kappa shape index (κ1) is 14.1. The zero-order valence-electron chi connectivity index (χ0n) is 12.4. The van der Waals surface area contributed by atoms with Crippen LogP contribution in [0, 0.1) is 6.92 Å². The topological polar surface area (TPSA) is 85.1 Å². The number of fused-ring (bicyclic) bond motifs is 1. The first-order valence-electron chi connectivity index (χ1n) is 7.02. The third kappa shape index (κ3) is 2.93. The minimum Gasteiger partial charge on any atom is -0.349 e. The molecule has 0 aliphatic heterocycles. The summed E-state index contributed by atoms with van der Waals surface area (Å²) in [4.78, 5) is 16.6. The molecule has 0 saturated carbocycles. The van der Waals surface area contributed by atoms with Crippen molar-refractivity contribution in [1.82, 2.24) is 30.3 Å². The molecule has 0 radical (unpaired) electrons. The fraction of sp³-hybridized carbons (Fsp3) is 0.267. The summed E-state index contributed by atoms with van der Waals surface area (Å²) in [6.45, 7) is 3.98. The molecule has 0 aromatic carbocycles. The second-order valence-electron chi connectivity index (χ2n) is 5.24. The van der Waals surface area contributed by atoms with Crippen LogP contribution < -0.4 is 5.32 Å². The SMILES string of the molecule is Cc1cccnc1CC(C)NC(=O)c1ccn2nnnc2c1. The van der Waals surface area contributed by atoms with Crippen LogP contribution in [-0.4, -0.2) is 37.0 Å². The van der Waals surface area contributed by atoms with E-state index in [2.05, 4.69) is 25.8 Å². The van der Waals surface area contributed by atoms with Crippen molar-refractivity contribution in [3.8, 4) is 0 Å². The van der Waals surface area contributed by atoms with Crippen LogP contribution in [0.1, 0.15) is 28.5 Å². The van der Waals surface area contributed by atoms with Crippen molar-refractivity contribution in [2.75, 3.05) is 0 Å². The minimum atomic E-state index is -0.147. The van der Waals surface area contributed by atoms with Crippen LogP contribution in [0.25, 0.3) is 5.65 Å². The first-order valence-corrected chi connectivity index (χ1v) is 7.02. The van der Waals surface area contributed by atoms with E-state index in [1.807, 2.05) is 26.0 Å². The number of nitrogens with one attached hydrogen (secondary N) is 1. The van der Waals surface area contributed by atoms with Gasteiger partial charge in [0.1, 0.15) is 0 Å². The van der Waals surface area contributed by atoms with Crippen molar-refractivity contribution in [2.45, 2.75) is 26.3 Å². The number of hydrogen-bond acceptors (Lipinski definition) is 5. The van der Waals surface area contributed by atoms with Crippen LogP contribution >= 0.6 is 0 Å². The van der Waals surface area contributed by atoms with E-state index < -0.39 is 0 Å². The molecule has 0 saturated heterocycles. The first-order chi connectivity index (χ1) is 10.6. The summed E-state index contributed by atoms with van der Waals surface area (Å²) in [5.74, 6) is -0.147. The maximum Gasteiger partial charge on any atom is 0.251 e. The van der Waals surface area contributed by atoms with Gasteiger partial charge >= 0.3 is 0 Å². The largest absolute Gasteiger partial charge is 0.349 e. The van der Waals surface area contributed by atoms with Crippen molar-refractivity contribution in [3.05, 3.63) is 53.5 Å². The average molecular weight is 296 g/mol. The lowest BCUT2D eigenvalue weighted by molar-refractivity contribution is 0.0940. The molecule has 3 heterocycles. The Labute approximate surface area is 127 Å². The molecule has 0 aliphatic carbocycles. The molecule has 1 N–H and O–H groups in total. The zero-order valence-corrected chi connectivity index (χ0v) is 12.4. The van der Waals surface area contributed by atoms with Crippen molar-refractivity contribution < 1.29 is 4.79 Å². The molecule has 0 fully saturated rings. The van der Waals surface area contributed by atoms with E-state index in [9.17, 15) is 4.79 Å². The fourth-order valence-electron chi connectivity index (χ4n) is 2.26. The number of pyridine rings is 2. The number of carbonyl (C=O) groups excluding carboxylic acids is 1. The molecule has 1 amide bonds. The Morgan fingerprint density at radius 2 is 2.27 bits per heavy atom. The second-order valence-corrected chi connectivity index (χ2v) is 5.24. The molecule has 0 spiro atoms. The van der Waals surface area contributed by atoms with E-state index in [1.165, 1.54) is 4.52 Å². The highest BCUT2D eigenvalue weighted by atomic mass is 16.1. The monoisotopic (exact) mass is 296 g/mol. The van der Waals surface area contributed by atoms with E-state index >= 15 is 0 Å². The standard InChI is InChI=1S/C15H16N6O/c1-10-4-3-6-16-13(10)8-11(2)17-15(22)12-5-7-21-14(9-12)18-19-20-21/h3-7,9,11H,8H2,1-2H3,(H,17,22). The molecule has 7 heteroatoms. The highest BCUT2D eigenvalue weighted by Gasteiger charge is 2.13. The number of amides is 1. The van der Waals surface area contributed by atoms with E-state index in [1.54, 1.807) is 24.5 Å². The molecule has 3 rings (SSSR count). The molecule has 0 aliphatic rings. The van der Waals surface area contributed by atoms with Gasteiger partial charge in [-0.3, -0.25) is 9.78 Å². The smallest absolute Gasteiger partial charge is 0.251 e. The van der Waals surface area contributed by atoms with E-state index in [0.29, 0.717) is 17.6 Å². The fourth-order valence-corrected chi connectivity index (χ4v) is 2.26. The maximum absolute atomic E-state index is 12.3. The van der Waals surface area contributed by atoms with Gasteiger partial charge in [0.15, 0.2) is 5.65 Å². The Hall–Kier alpha value is -2.83. The second kappa shape index (κ2) is 5.88. The van der Waals surface area contributed by atoms with Crippen LogP contribution in [0.5, 0.6) is 0 Å². The van der Waals surface area contributed by atoms with E-state index in [-0.39, 0.29) is 11.9 Å². The van der Waals surface area contributed by atoms with Crippen LogP contribution in [-0.2, 0) is 6.42 Å². The Bertz CT molecular complexity index is 812. The third-order valence-electron chi connectivity index (χ3n) is 3.46. The third-order valence-corrected chi connectivity index (χ3v) is 3.46. The lowest BCUT2D eigenvalue weighted by Crippen LogP contribution is -2.34. The number of nitrogens with zero attached hydrogens (tertiary/aromatic N) is 5. The summed E-state index contributed by atoms with van der Waals surface area (Å²) in [6, 6.07) is 7.26. The lowest BCUT2D eigenvalue weighted by atomic mass is 10.1. The number of aryl methyl sites for hydroxylation is 1. The summed E-state index contributed by atoms with van der Waals surface area (Å²) in [5, 5.41) is 14.1. The Morgan fingerprint density at radius 3 is 3.09 bits per heavy atom. The molecular formula is C15H16N6O. The van der Waals surface area contributed by atoms with Crippen LogP contribution in [0.15, 0.2) is 36.7 Å². The predicted molar refractivity (Wildman–Crippen MR) is 80.4 cm³/mol. The molecule has 3 aromatic rings. The molecule has 112 valence electrons. The summed E-state index contributed by atoms with van der Waals surface area (Å²) < 4.78 is 1.51. The Kier molecular flexibility index (Phi) is 3.78. The highest BCUT2D eigenvalue weighted by molar-refractivity contribution is 5.95. The number of hydrogen-bond donors (Lipinski definition) is 1. The molecular weight excluding hydrogens is 280 g/mol. The highest BCUT2D eigenvalue weighted by Crippen LogP contribution is 2.08. The van der Waals surface area contributed by atoms with Crippen molar-refractivity contribution in [2.24, 2.45) is 0 Å². The van der Waals surface area contributed by atoms with Crippen molar-refractivity contribution in [3.63, 3.8) is 0 Å². The lowest BCUT2D eigenvalue weighted by Gasteiger charge is -2.14. The van der Waals surface area contributed by atoms with Crippen LogP contribution in [0.4, 0.5) is 0 Å². The number of rotatable bonds is 4. The normalized spacial score (nSPS) is 12.3. The van der Waals surface area contributed by atoms with E-state index in [4.69, 9.17) is 0 Å². The molecule has 22 heavy (non-hydrogen) atoms. The average Bonchev–Trinajstić information content (AvgIpc) is 2.97. The quantitative estimate of drug-likeness (QED) is 0.781. The number of carbonyl (C=O) groups is 1. The van der Waals surface area contributed by atoms with Gasteiger partial charge in [0, 0.05) is 36.1 Å².